The minimum absolute atomic E-state index is 0.0115. The van der Waals surface area contributed by atoms with Crippen LogP contribution in [0.15, 0.2) is 36.5 Å². The molecule has 0 unspecified atom stereocenters. The average Bonchev–Trinajstić information content (AvgIpc) is 2.67. The Balaban J connectivity index is 1.56. The van der Waals surface area contributed by atoms with Crippen molar-refractivity contribution >= 4 is 46.5 Å². The maximum Gasteiger partial charge on any atom is 0.255 e. The summed E-state index contributed by atoms with van der Waals surface area (Å²) in [5, 5.41) is 3.73. The molecule has 29 heavy (non-hydrogen) atoms. The zero-order valence-electron chi connectivity index (χ0n) is 16.5. The lowest BCUT2D eigenvalue weighted by atomic mass is 10.1. The summed E-state index contributed by atoms with van der Waals surface area (Å²) in [6.45, 7) is 6.50. The highest BCUT2D eigenvalue weighted by molar-refractivity contribution is 6.36. The van der Waals surface area contributed by atoms with E-state index < -0.39 is 0 Å². The van der Waals surface area contributed by atoms with Crippen molar-refractivity contribution < 1.29 is 9.59 Å². The molecule has 0 spiro atoms. The number of anilines is 2. The molecule has 3 rings (SSSR count). The molecule has 1 aliphatic heterocycles. The van der Waals surface area contributed by atoms with Gasteiger partial charge in [-0.2, -0.15) is 0 Å². The van der Waals surface area contributed by atoms with E-state index in [4.69, 9.17) is 23.2 Å². The summed E-state index contributed by atoms with van der Waals surface area (Å²) >= 11 is 12.1. The normalized spacial score (nSPS) is 14.2. The van der Waals surface area contributed by atoms with Crippen LogP contribution in [0.2, 0.25) is 10.0 Å². The van der Waals surface area contributed by atoms with Gasteiger partial charge in [0, 0.05) is 37.6 Å². The molecule has 1 aromatic heterocycles. The molecule has 1 aromatic carbocycles. The minimum Gasteiger partial charge on any atom is -0.353 e. The fourth-order valence-corrected chi connectivity index (χ4v) is 3.69. The van der Waals surface area contributed by atoms with E-state index in [2.05, 4.69) is 15.2 Å². The summed E-state index contributed by atoms with van der Waals surface area (Å²) in [4.78, 5) is 32.9. The highest BCUT2D eigenvalue weighted by Gasteiger charge is 2.24. The van der Waals surface area contributed by atoms with Crippen molar-refractivity contribution in [2.45, 2.75) is 20.3 Å². The van der Waals surface area contributed by atoms with E-state index in [0.717, 1.165) is 5.82 Å². The lowest BCUT2D eigenvalue weighted by Crippen LogP contribution is -2.49. The van der Waals surface area contributed by atoms with E-state index in [0.29, 0.717) is 59.8 Å². The van der Waals surface area contributed by atoms with Crippen molar-refractivity contribution in [3.63, 3.8) is 0 Å². The van der Waals surface area contributed by atoms with Gasteiger partial charge in [-0.15, -0.1) is 0 Å². The predicted octanol–water partition coefficient (Wildman–Crippen LogP) is 4.34. The molecule has 0 radical (unpaired) electrons. The summed E-state index contributed by atoms with van der Waals surface area (Å²) in [6.07, 6.45) is 2.15. The SMILES string of the molecule is CC(C)CC(=O)Nc1ccc(N2CCN(C(=O)c3ccc(Cl)cc3Cl)CC2)nc1. The number of hydrogen-bond donors (Lipinski definition) is 1. The number of carbonyl (C=O) groups excluding carboxylic acids is 2. The van der Waals surface area contributed by atoms with Gasteiger partial charge in [0.15, 0.2) is 0 Å². The number of nitrogens with one attached hydrogen (secondary N) is 1. The Morgan fingerprint density at radius 2 is 1.83 bits per heavy atom. The van der Waals surface area contributed by atoms with Crippen LogP contribution in [-0.4, -0.2) is 47.9 Å². The van der Waals surface area contributed by atoms with Crippen molar-refractivity contribution in [3.05, 3.63) is 52.1 Å². The van der Waals surface area contributed by atoms with E-state index >= 15 is 0 Å². The van der Waals surface area contributed by atoms with Crippen LogP contribution in [0.1, 0.15) is 30.6 Å². The quantitative estimate of drug-likeness (QED) is 0.759. The topological polar surface area (TPSA) is 65.5 Å². The minimum atomic E-state index is -0.0949. The summed E-state index contributed by atoms with van der Waals surface area (Å²) in [5.74, 6) is 1.03. The fourth-order valence-electron chi connectivity index (χ4n) is 3.20. The Morgan fingerprint density at radius 3 is 2.41 bits per heavy atom. The summed E-state index contributed by atoms with van der Waals surface area (Å²) < 4.78 is 0. The van der Waals surface area contributed by atoms with Crippen LogP contribution in [0.3, 0.4) is 0 Å². The Morgan fingerprint density at radius 1 is 1.10 bits per heavy atom. The van der Waals surface area contributed by atoms with Crippen LogP contribution < -0.4 is 10.2 Å². The van der Waals surface area contributed by atoms with Gasteiger partial charge >= 0.3 is 0 Å². The van der Waals surface area contributed by atoms with Crippen LogP contribution in [0.25, 0.3) is 0 Å². The van der Waals surface area contributed by atoms with Gasteiger partial charge in [0.2, 0.25) is 5.91 Å². The second kappa shape index (κ2) is 9.46. The van der Waals surface area contributed by atoms with Crippen LogP contribution in [-0.2, 0) is 4.79 Å². The molecule has 0 saturated carbocycles. The van der Waals surface area contributed by atoms with Crippen LogP contribution >= 0.6 is 23.2 Å². The third kappa shape index (κ3) is 5.61. The maximum atomic E-state index is 12.7. The summed E-state index contributed by atoms with van der Waals surface area (Å²) in [6, 6.07) is 8.65. The zero-order valence-corrected chi connectivity index (χ0v) is 18.0. The smallest absolute Gasteiger partial charge is 0.255 e. The number of amides is 2. The van der Waals surface area contributed by atoms with Gasteiger partial charge in [0.1, 0.15) is 5.82 Å². The summed E-state index contributed by atoms with van der Waals surface area (Å²) in [7, 11) is 0. The molecular weight excluding hydrogens is 411 g/mol. The number of rotatable bonds is 5. The molecule has 1 aliphatic rings. The van der Waals surface area contributed by atoms with Crippen molar-refractivity contribution in [1.29, 1.82) is 0 Å². The highest BCUT2D eigenvalue weighted by atomic mass is 35.5. The van der Waals surface area contributed by atoms with E-state index in [1.807, 2.05) is 26.0 Å². The molecule has 8 heteroatoms. The first-order valence-corrected chi connectivity index (χ1v) is 10.3. The third-order valence-electron chi connectivity index (χ3n) is 4.68. The molecule has 0 atom stereocenters. The van der Waals surface area contributed by atoms with Crippen molar-refractivity contribution in [2.24, 2.45) is 5.92 Å². The number of carbonyl (C=O) groups is 2. The maximum absolute atomic E-state index is 12.7. The van der Waals surface area contributed by atoms with Gasteiger partial charge in [0.05, 0.1) is 22.5 Å². The molecular formula is C21H24Cl2N4O2. The second-order valence-corrected chi connectivity index (χ2v) is 8.30. The molecule has 0 aliphatic carbocycles. The van der Waals surface area contributed by atoms with E-state index in [1.165, 1.54) is 0 Å². The molecule has 0 bridgehead atoms. The monoisotopic (exact) mass is 434 g/mol. The number of aromatic nitrogens is 1. The van der Waals surface area contributed by atoms with Gasteiger partial charge < -0.3 is 15.1 Å². The number of pyridine rings is 1. The first-order valence-electron chi connectivity index (χ1n) is 9.58. The van der Waals surface area contributed by atoms with Crippen molar-refractivity contribution in [3.8, 4) is 0 Å². The van der Waals surface area contributed by atoms with Gasteiger partial charge in [-0.1, -0.05) is 37.0 Å². The fraction of sp³-hybridized carbons (Fsp3) is 0.381. The Hall–Kier alpha value is -2.31. The Bertz CT molecular complexity index is 879. The Kier molecular flexibility index (Phi) is 6.98. The van der Waals surface area contributed by atoms with Crippen LogP contribution in [0, 0.1) is 5.92 Å². The van der Waals surface area contributed by atoms with Crippen molar-refractivity contribution in [1.82, 2.24) is 9.88 Å². The number of hydrogen-bond acceptors (Lipinski definition) is 4. The van der Waals surface area contributed by atoms with Gasteiger partial charge in [-0.05, 0) is 36.2 Å². The van der Waals surface area contributed by atoms with E-state index in [1.54, 1.807) is 29.3 Å². The molecule has 6 nitrogen and oxygen atoms in total. The molecule has 1 saturated heterocycles. The lowest BCUT2D eigenvalue weighted by Gasteiger charge is -2.35. The standard InChI is InChI=1S/C21H24Cl2N4O2/c1-14(2)11-20(28)25-16-4-6-19(24-13-16)26-7-9-27(10-8-26)21(29)17-5-3-15(22)12-18(17)23/h3-6,12-14H,7-11H2,1-2H3,(H,25,28). The van der Waals surface area contributed by atoms with Crippen LogP contribution in [0.5, 0.6) is 0 Å². The summed E-state index contributed by atoms with van der Waals surface area (Å²) in [5.41, 5.74) is 1.15. The molecule has 2 heterocycles. The first-order chi connectivity index (χ1) is 13.8. The third-order valence-corrected chi connectivity index (χ3v) is 5.23. The largest absolute Gasteiger partial charge is 0.353 e. The molecule has 2 amide bonds. The molecule has 1 N–H and O–H groups in total. The van der Waals surface area contributed by atoms with Crippen molar-refractivity contribution in [2.75, 3.05) is 36.4 Å². The average molecular weight is 435 g/mol. The first kappa shape index (κ1) is 21.4. The molecule has 1 fully saturated rings. The molecule has 154 valence electrons. The highest BCUT2D eigenvalue weighted by Crippen LogP contribution is 2.23. The zero-order chi connectivity index (χ0) is 21.0. The lowest BCUT2D eigenvalue weighted by molar-refractivity contribution is -0.116. The Labute approximate surface area is 180 Å². The second-order valence-electron chi connectivity index (χ2n) is 7.45. The van der Waals surface area contributed by atoms with Gasteiger partial charge in [-0.25, -0.2) is 4.98 Å². The van der Waals surface area contributed by atoms with E-state index in [-0.39, 0.29) is 11.8 Å². The molecule has 2 aromatic rings. The number of benzene rings is 1. The number of halogens is 2. The van der Waals surface area contributed by atoms with Gasteiger partial charge in [0.25, 0.3) is 5.91 Å². The van der Waals surface area contributed by atoms with Gasteiger partial charge in [-0.3, -0.25) is 9.59 Å². The number of piperazine rings is 1. The predicted molar refractivity (Wildman–Crippen MR) is 117 cm³/mol. The van der Waals surface area contributed by atoms with Crippen LogP contribution in [0.4, 0.5) is 11.5 Å². The van der Waals surface area contributed by atoms with E-state index in [9.17, 15) is 9.59 Å². The number of nitrogens with zero attached hydrogens (tertiary/aromatic N) is 3.